The number of aryl methyl sites for hydroxylation is 2. The molecular weight excluding hydrogens is 626 g/mol. The van der Waals surface area contributed by atoms with Crippen molar-refractivity contribution in [3.63, 3.8) is 0 Å². The Kier molecular flexibility index (Phi) is 8.30. The summed E-state index contributed by atoms with van der Waals surface area (Å²) in [5.41, 5.74) is 11.0. The number of pyridine rings is 1. The summed E-state index contributed by atoms with van der Waals surface area (Å²) in [5.74, 6) is 3.03. The average Bonchev–Trinajstić information content (AvgIpc) is 3.70. The molecule has 2 fully saturated rings. The highest BCUT2D eigenvalue weighted by Crippen LogP contribution is 2.32. The molecule has 2 saturated heterocycles. The second-order valence-electron chi connectivity index (χ2n) is 13.9. The number of fused-ring (bicyclic) bond motifs is 7. The zero-order valence-electron chi connectivity index (χ0n) is 28.4. The lowest BCUT2D eigenvalue weighted by atomic mass is 9.98. The van der Waals surface area contributed by atoms with Gasteiger partial charge >= 0.3 is 0 Å². The zero-order chi connectivity index (χ0) is 33.4. The fourth-order valence-electron chi connectivity index (χ4n) is 7.12. The fraction of sp³-hybridized carbons (Fsp3) is 0.341. The first-order valence-electron chi connectivity index (χ1n) is 17.8. The molecular formula is C41H41N5O4. The summed E-state index contributed by atoms with van der Waals surface area (Å²) < 4.78 is 28.6. The third-order valence-corrected chi connectivity index (χ3v) is 10.1. The number of nitrogens with zero attached hydrogens (tertiary/aromatic N) is 5. The number of hydrogen-bond acceptors (Lipinski definition) is 7. The largest absolute Gasteiger partial charge is 0.493 e. The van der Waals surface area contributed by atoms with Crippen LogP contribution >= 0.6 is 0 Å². The predicted molar refractivity (Wildman–Crippen MR) is 191 cm³/mol. The molecule has 3 aliphatic rings. The maximum atomic E-state index is 6.65. The molecule has 3 aliphatic heterocycles. The van der Waals surface area contributed by atoms with E-state index in [4.69, 9.17) is 28.9 Å². The molecule has 6 aromatic rings. The van der Waals surface area contributed by atoms with E-state index in [1.54, 1.807) is 0 Å². The Morgan fingerprint density at radius 3 is 2.62 bits per heavy atom. The van der Waals surface area contributed by atoms with E-state index in [1.165, 1.54) is 11.1 Å². The predicted octanol–water partition coefficient (Wildman–Crippen LogP) is 7.20. The molecule has 1 atom stereocenters. The van der Waals surface area contributed by atoms with Crippen molar-refractivity contribution < 1.29 is 18.9 Å². The van der Waals surface area contributed by atoms with Crippen molar-refractivity contribution in [2.24, 2.45) is 5.92 Å². The molecule has 0 saturated carbocycles. The zero-order valence-corrected chi connectivity index (χ0v) is 28.4. The third kappa shape index (κ3) is 6.39. The second kappa shape index (κ2) is 13.4. The molecule has 6 heterocycles. The van der Waals surface area contributed by atoms with E-state index < -0.39 is 0 Å². The number of aromatic nitrogens is 5. The van der Waals surface area contributed by atoms with Gasteiger partial charge in [0.2, 0.25) is 5.88 Å². The summed E-state index contributed by atoms with van der Waals surface area (Å²) in [7, 11) is 0. The minimum Gasteiger partial charge on any atom is -0.493 e. The van der Waals surface area contributed by atoms with Crippen molar-refractivity contribution in [1.29, 1.82) is 0 Å². The van der Waals surface area contributed by atoms with Crippen LogP contribution in [0.4, 0.5) is 0 Å². The van der Waals surface area contributed by atoms with E-state index in [0.717, 1.165) is 108 Å². The van der Waals surface area contributed by atoms with Gasteiger partial charge in [0.25, 0.3) is 0 Å². The van der Waals surface area contributed by atoms with Crippen molar-refractivity contribution in [3.05, 3.63) is 113 Å². The van der Waals surface area contributed by atoms with E-state index >= 15 is 0 Å². The molecule has 0 aliphatic carbocycles. The first kappa shape index (κ1) is 31.0. The highest BCUT2D eigenvalue weighted by atomic mass is 16.5. The lowest BCUT2D eigenvalue weighted by Crippen LogP contribution is -2.31. The average molecular weight is 668 g/mol. The number of ether oxygens (including phenoxy) is 4. The molecule has 9 nitrogen and oxygen atoms in total. The molecule has 4 bridgehead atoms. The van der Waals surface area contributed by atoms with Gasteiger partial charge in [0.15, 0.2) is 0 Å². The first-order valence-corrected chi connectivity index (χ1v) is 17.8. The Morgan fingerprint density at radius 1 is 0.840 bits per heavy atom. The van der Waals surface area contributed by atoms with Gasteiger partial charge in [-0.3, -0.25) is 4.68 Å². The van der Waals surface area contributed by atoms with Gasteiger partial charge in [0.1, 0.15) is 18.2 Å². The Bertz CT molecular complexity index is 2160. The van der Waals surface area contributed by atoms with Crippen molar-refractivity contribution in [3.8, 4) is 34.0 Å². The van der Waals surface area contributed by atoms with E-state index in [0.29, 0.717) is 31.4 Å². The summed E-state index contributed by atoms with van der Waals surface area (Å²) in [5, 5.41) is 4.63. The smallest absolute Gasteiger partial charge is 0.214 e. The molecule has 0 spiro atoms. The minimum absolute atomic E-state index is 0.228. The minimum atomic E-state index is 0.228. The van der Waals surface area contributed by atoms with Gasteiger partial charge in [-0.2, -0.15) is 5.10 Å². The van der Waals surface area contributed by atoms with Crippen LogP contribution in [-0.4, -0.2) is 56.8 Å². The molecule has 0 amide bonds. The number of hydrogen-bond donors (Lipinski definition) is 0. The monoisotopic (exact) mass is 667 g/mol. The van der Waals surface area contributed by atoms with Crippen molar-refractivity contribution >= 4 is 11.0 Å². The lowest BCUT2D eigenvalue weighted by molar-refractivity contribution is -0.0589. The number of rotatable bonds is 7. The van der Waals surface area contributed by atoms with E-state index in [-0.39, 0.29) is 6.10 Å². The summed E-state index contributed by atoms with van der Waals surface area (Å²) in [6.07, 6.45) is 7.78. The van der Waals surface area contributed by atoms with Gasteiger partial charge in [-0.05, 0) is 72.7 Å². The molecule has 9 rings (SSSR count). The maximum Gasteiger partial charge on any atom is 0.214 e. The van der Waals surface area contributed by atoms with Gasteiger partial charge in [-0.25, -0.2) is 9.97 Å². The van der Waals surface area contributed by atoms with Crippen LogP contribution in [0.3, 0.4) is 0 Å². The number of benzene rings is 3. The highest BCUT2D eigenvalue weighted by molar-refractivity contribution is 5.77. The van der Waals surface area contributed by atoms with Crippen LogP contribution in [0.5, 0.6) is 11.6 Å². The topological polar surface area (TPSA) is 85.5 Å². The number of imidazole rings is 1. The van der Waals surface area contributed by atoms with E-state index in [1.807, 2.05) is 29.1 Å². The van der Waals surface area contributed by atoms with E-state index in [9.17, 15) is 0 Å². The van der Waals surface area contributed by atoms with Crippen LogP contribution in [0.1, 0.15) is 40.9 Å². The van der Waals surface area contributed by atoms with Gasteiger partial charge in [-0.1, -0.05) is 42.5 Å². The lowest BCUT2D eigenvalue weighted by Gasteiger charge is -2.27. The second-order valence-corrected chi connectivity index (χ2v) is 13.9. The Balaban J connectivity index is 1.01. The Hall–Kier alpha value is -4.99. The highest BCUT2D eigenvalue weighted by Gasteiger charge is 2.23. The van der Waals surface area contributed by atoms with Crippen LogP contribution in [0.15, 0.2) is 85.2 Å². The molecule has 9 heteroatoms. The molecule has 50 heavy (non-hydrogen) atoms. The summed E-state index contributed by atoms with van der Waals surface area (Å²) in [4.78, 5) is 10.0. The van der Waals surface area contributed by atoms with E-state index in [2.05, 4.69) is 77.4 Å². The summed E-state index contributed by atoms with van der Waals surface area (Å²) in [6.45, 7) is 7.32. The standard InChI is InChI=1S/C41H41N5O4/c1-27-7-12-37-38(16-27)46(23-35-13-15-48-35)40(43-37)19-32-10-9-31-18-39(32)49-14-3-4-29-17-30(34-20-42-45(22-34)21-28-24-47-25-28)8-11-33(29)26-50-41-6-2-5-36(31)44-41/h2,5-12,16-18,20,22,28,35H,3-4,13-15,19,21,23-26H2,1H3. The SMILES string of the molecule is Cc1ccc2nc(Cc3ccc4cc3OCCCc3cc(-c5cnn(CC6COC6)c5)ccc3COc3cccc-4n3)n(CC3CCO3)c2c1. The van der Waals surface area contributed by atoms with Gasteiger partial charge < -0.3 is 23.5 Å². The Morgan fingerprint density at radius 2 is 1.76 bits per heavy atom. The maximum absolute atomic E-state index is 6.65. The summed E-state index contributed by atoms with van der Waals surface area (Å²) in [6, 6.07) is 25.5. The van der Waals surface area contributed by atoms with Gasteiger partial charge in [-0.15, -0.1) is 0 Å². The molecule has 0 N–H and O–H groups in total. The van der Waals surface area contributed by atoms with Crippen molar-refractivity contribution in [1.82, 2.24) is 24.3 Å². The third-order valence-electron chi connectivity index (χ3n) is 10.1. The van der Waals surface area contributed by atoms with Crippen LogP contribution in [0, 0.1) is 12.8 Å². The van der Waals surface area contributed by atoms with Crippen LogP contribution < -0.4 is 9.47 Å². The first-order chi connectivity index (χ1) is 24.6. The molecule has 254 valence electrons. The van der Waals surface area contributed by atoms with Crippen LogP contribution in [0.2, 0.25) is 0 Å². The molecule has 0 radical (unpaired) electrons. The quantitative estimate of drug-likeness (QED) is 0.178. The van der Waals surface area contributed by atoms with Gasteiger partial charge in [0.05, 0.1) is 55.4 Å². The molecule has 1 unspecified atom stereocenters. The van der Waals surface area contributed by atoms with Crippen LogP contribution in [0.25, 0.3) is 33.4 Å². The molecule has 3 aromatic carbocycles. The van der Waals surface area contributed by atoms with Gasteiger partial charge in [0, 0.05) is 54.4 Å². The fourth-order valence-corrected chi connectivity index (χ4v) is 7.12. The normalized spacial score (nSPS) is 17.6. The molecule has 3 aromatic heterocycles. The summed E-state index contributed by atoms with van der Waals surface area (Å²) >= 11 is 0. The van der Waals surface area contributed by atoms with Crippen molar-refractivity contribution in [2.75, 3.05) is 26.4 Å². The van der Waals surface area contributed by atoms with Crippen LogP contribution in [-0.2, 0) is 42.0 Å². The Labute approximate surface area is 291 Å². The van der Waals surface area contributed by atoms with Crippen molar-refractivity contribution in [2.45, 2.75) is 58.4 Å².